The molecule has 0 fully saturated rings. The standard InChI is InChI=1S/C9H7F3N4/c10-9(11,12)8-2-6(13)1-7(16-8)5-3-14-15-4-5/h1-4H,(H2,13,16)(H,14,15). The van der Waals surface area contributed by atoms with Crippen molar-refractivity contribution in [1.82, 2.24) is 15.2 Å². The maximum Gasteiger partial charge on any atom is 0.433 e. The fourth-order valence-electron chi connectivity index (χ4n) is 1.24. The number of nitrogens with one attached hydrogen (secondary N) is 1. The van der Waals surface area contributed by atoms with Gasteiger partial charge in [-0.1, -0.05) is 0 Å². The van der Waals surface area contributed by atoms with Crippen molar-refractivity contribution in [3.05, 3.63) is 30.2 Å². The Morgan fingerprint density at radius 2 is 2.00 bits per heavy atom. The van der Waals surface area contributed by atoms with Gasteiger partial charge >= 0.3 is 6.18 Å². The van der Waals surface area contributed by atoms with Crippen LogP contribution in [0, 0.1) is 0 Å². The first-order valence-electron chi connectivity index (χ1n) is 4.31. The molecule has 0 aliphatic rings. The molecule has 0 aliphatic carbocycles. The van der Waals surface area contributed by atoms with Gasteiger partial charge in [0.25, 0.3) is 0 Å². The van der Waals surface area contributed by atoms with E-state index in [0.29, 0.717) is 5.56 Å². The summed E-state index contributed by atoms with van der Waals surface area (Å²) in [5.74, 6) is 0. The molecule has 2 aromatic rings. The van der Waals surface area contributed by atoms with Gasteiger partial charge in [-0.05, 0) is 12.1 Å². The van der Waals surface area contributed by atoms with Crippen molar-refractivity contribution in [1.29, 1.82) is 0 Å². The molecular weight excluding hydrogens is 221 g/mol. The van der Waals surface area contributed by atoms with Crippen LogP contribution in [-0.4, -0.2) is 15.2 Å². The number of nitrogens with zero attached hydrogens (tertiary/aromatic N) is 2. The highest BCUT2D eigenvalue weighted by Gasteiger charge is 2.33. The van der Waals surface area contributed by atoms with Crippen molar-refractivity contribution < 1.29 is 13.2 Å². The predicted octanol–water partition coefficient (Wildman–Crippen LogP) is 2.07. The number of H-pyrrole nitrogens is 1. The van der Waals surface area contributed by atoms with Gasteiger partial charge in [-0.15, -0.1) is 0 Å². The first-order valence-corrected chi connectivity index (χ1v) is 4.31. The van der Waals surface area contributed by atoms with Gasteiger partial charge in [0, 0.05) is 17.4 Å². The van der Waals surface area contributed by atoms with Gasteiger partial charge in [-0.2, -0.15) is 18.3 Å². The first-order chi connectivity index (χ1) is 7.47. The van der Waals surface area contributed by atoms with E-state index < -0.39 is 11.9 Å². The van der Waals surface area contributed by atoms with Crippen molar-refractivity contribution in [3.8, 4) is 11.3 Å². The van der Waals surface area contributed by atoms with E-state index in [2.05, 4.69) is 15.2 Å². The minimum atomic E-state index is -4.51. The number of halogens is 3. The highest BCUT2D eigenvalue weighted by molar-refractivity contribution is 5.62. The first kappa shape index (κ1) is 10.5. The highest BCUT2D eigenvalue weighted by atomic mass is 19.4. The van der Waals surface area contributed by atoms with Crippen molar-refractivity contribution in [2.24, 2.45) is 0 Å². The van der Waals surface area contributed by atoms with Crippen LogP contribution >= 0.6 is 0 Å². The number of aromatic nitrogens is 3. The predicted molar refractivity (Wildman–Crippen MR) is 51.2 cm³/mol. The summed E-state index contributed by atoms with van der Waals surface area (Å²) in [4.78, 5) is 3.48. The smallest absolute Gasteiger partial charge is 0.399 e. The third-order valence-corrected chi connectivity index (χ3v) is 1.93. The van der Waals surface area contributed by atoms with Crippen LogP contribution < -0.4 is 5.73 Å². The van der Waals surface area contributed by atoms with Gasteiger partial charge in [0.2, 0.25) is 0 Å². The average molecular weight is 228 g/mol. The topological polar surface area (TPSA) is 67.6 Å². The van der Waals surface area contributed by atoms with E-state index in [9.17, 15) is 13.2 Å². The lowest BCUT2D eigenvalue weighted by atomic mass is 10.2. The summed E-state index contributed by atoms with van der Waals surface area (Å²) in [6.45, 7) is 0. The maximum atomic E-state index is 12.4. The maximum absolute atomic E-state index is 12.4. The summed E-state index contributed by atoms with van der Waals surface area (Å²) in [6.07, 6.45) is -1.68. The number of rotatable bonds is 1. The average Bonchev–Trinajstić information content (AvgIpc) is 2.68. The molecule has 0 saturated heterocycles. The van der Waals surface area contributed by atoms with E-state index in [1.807, 2.05) is 0 Å². The van der Waals surface area contributed by atoms with Gasteiger partial charge in [0.15, 0.2) is 0 Å². The van der Waals surface area contributed by atoms with Crippen molar-refractivity contribution in [2.45, 2.75) is 6.18 Å². The lowest BCUT2D eigenvalue weighted by Gasteiger charge is -2.08. The molecule has 2 aromatic heterocycles. The van der Waals surface area contributed by atoms with E-state index in [1.165, 1.54) is 18.5 Å². The molecule has 0 spiro atoms. The fourth-order valence-corrected chi connectivity index (χ4v) is 1.24. The zero-order chi connectivity index (χ0) is 11.8. The Morgan fingerprint density at radius 3 is 2.56 bits per heavy atom. The Labute approximate surface area is 88.3 Å². The molecule has 0 atom stereocenters. The normalized spacial score (nSPS) is 11.7. The van der Waals surface area contributed by atoms with Crippen LogP contribution in [0.15, 0.2) is 24.5 Å². The van der Waals surface area contributed by atoms with E-state index in [4.69, 9.17) is 5.73 Å². The molecule has 0 unspecified atom stereocenters. The molecule has 3 N–H and O–H groups in total. The molecular formula is C9H7F3N4. The number of alkyl halides is 3. The van der Waals surface area contributed by atoms with Crippen molar-refractivity contribution in [2.75, 3.05) is 5.73 Å². The largest absolute Gasteiger partial charge is 0.433 e. The molecule has 2 rings (SSSR count). The van der Waals surface area contributed by atoms with E-state index >= 15 is 0 Å². The molecule has 16 heavy (non-hydrogen) atoms. The summed E-state index contributed by atoms with van der Waals surface area (Å²) < 4.78 is 37.3. The number of hydrogen-bond acceptors (Lipinski definition) is 3. The Kier molecular flexibility index (Phi) is 2.30. The molecule has 0 bridgehead atoms. The van der Waals surface area contributed by atoms with Crippen LogP contribution in [0.4, 0.5) is 18.9 Å². The summed E-state index contributed by atoms with van der Waals surface area (Å²) >= 11 is 0. The molecule has 0 radical (unpaired) electrons. The Bertz CT molecular complexity index is 490. The van der Waals surface area contributed by atoms with Crippen LogP contribution in [0.5, 0.6) is 0 Å². The number of aromatic amines is 1. The molecule has 0 aromatic carbocycles. The quantitative estimate of drug-likeness (QED) is 0.785. The lowest BCUT2D eigenvalue weighted by molar-refractivity contribution is -0.141. The van der Waals surface area contributed by atoms with Gasteiger partial charge in [0.05, 0.1) is 11.9 Å². The second kappa shape index (κ2) is 3.51. The highest BCUT2D eigenvalue weighted by Crippen LogP contribution is 2.31. The molecule has 0 amide bonds. The lowest BCUT2D eigenvalue weighted by Crippen LogP contribution is -2.09. The van der Waals surface area contributed by atoms with Gasteiger partial charge in [0.1, 0.15) is 5.69 Å². The molecule has 7 heteroatoms. The van der Waals surface area contributed by atoms with Gasteiger partial charge in [-0.25, -0.2) is 4.98 Å². The Morgan fingerprint density at radius 1 is 1.25 bits per heavy atom. The molecule has 0 aliphatic heterocycles. The minimum absolute atomic E-state index is 0.0125. The second-order valence-corrected chi connectivity index (χ2v) is 3.16. The van der Waals surface area contributed by atoms with E-state index in [0.717, 1.165) is 6.07 Å². The zero-order valence-electron chi connectivity index (χ0n) is 7.92. The SMILES string of the molecule is Nc1cc(-c2cn[nH]c2)nc(C(F)(F)F)c1. The summed E-state index contributed by atoms with van der Waals surface area (Å²) in [6, 6.07) is 2.16. The third-order valence-electron chi connectivity index (χ3n) is 1.93. The van der Waals surface area contributed by atoms with Crippen molar-refractivity contribution >= 4 is 5.69 Å². The molecule has 0 saturated carbocycles. The van der Waals surface area contributed by atoms with Crippen LogP contribution in [-0.2, 0) is 6.18 Å². The van der Waals surface area contributed by atoms with Gasteiger partial charge < -0.3 is 5.73 Å². The number of nitrogen functional groups attached to an aromatic ring is 1. The summed E-state index contributed by atoms with van der Waals surface area (Å²) in [7, 11) is 0. The third kappa shape index (κ3) is 1.97. The van der Waals surface area contributed by atoms with E-state index in [1.54, 1.807) is 0 Å². The molecule has 84 valence electrons. The Balaban J connectivity index is 2.53. The van der Waals surface area contributed by atoms with Crippen LogP contribution in [0.1, 0.15) is 5.69 Å². The summed E-state index contributed by atoms with van der Waals surface area (Å²) in [5.41, 5.74) is 4.99. The molecule has 4 nitrogen and oxygen atoms in total. The number of hydrogen-bond donors (Lipinski definition) is 2. The van der Waals surface area contributed by atoms with Gasteiger partial charge in [-0.3, -0.25) is 5.10 Å². The Hall–Kier alpha value is -2.05. The number of pyridine rings is 1. The molecule has 2 heterocycles. The number of nitrogens with two attached hydrogens (primary N) is 1. The zero-order valence-corrected chi connectivity index (χ0v) is 7.92. The van der Waals surface area contributed by atoms with Crippen LogP contribution in [0.2, 0.25) is 0 Å². The minimum Gasteiger partial charge on any atom is -0.399 e. The van der Waals surface area contributed by atoms with Crippen LogP contribution in [0.25, 0.3) is 11.3 Å². The fraction of sp³-hybridized carbons (Fsp3) is 0.111. The van der Waals surface area contributed by atoms with E-state index in [-0.39, 0.29) is 11.4 Å². The second-order valence-electron chi connectivity index (χ2n) is 3.16. The van der Waals surface area contributed by atoms with Crippen molar-refractivity contribution in [3.63, 3.8) is 0 Å². The monoisotopic (exact) mass is 228 g/mol. The van der Waals surface area contributed by atoms with Crippen LogP contribution in [0.3, 0.4) is 0 Å². The summed E-state index contributed by atoms with van der Waals surface area (Å²) in [5, 5.41) is 6.13. The number of anilines is 1.